The summed E-state index contributed by atoms with van der Waals surface area (Å²) in [5.74, 6) is 0.772. The minimum atomic E-state index is -0.357. The van der Waals surface area contributed by atoms with Gasteiger partial charge < -0.3 is 20.3 Å². The van der Waals surface area contributed by atoms with Crippen LogP contribution in [-0.4, -0.2) is 55.1 Å². The Hall–Kier alpha value is -3.73. The molecule has 1 aliphatic heterocycles. The highest BCUT2D eigenvalue weighted by molar-refractivity contribution is 5.95. The van der Waals surface area contributed by atoms with E-state index in [0.717, 1.165) is 55.8 Å². The van der Waals surface area contributed by atoms with Crippen LogP contribution in [0.2, 0.25) is 0 Å². The highest BCUT2D eigenvalue weighted by Crippen LogP contribution is 2.21. The van der Waals surface area contributed by atoms with Crippen molar-refractivity contribution in [1.82, 2.24) is 15.2 Å². The average Bonchev–Trinajstić information content (AvgIpc) is 2.92. The molecule has 3 aromatic rings. The number of piperidine rings is 1. The van der Waals surface area contributed by atoms with Crippen LogP contribution in [-0.2, 0) is 11.2 Å². The van der Waals surface area contributed by atoms with Crippen LogP contribution in [0.5, 0.6) is 5.75 Å². The van der Waals surface area contributed by atoms with Crippen LogP contribution in [0.3, 0.4) is 0 Å². The minimum Gasteiger partial charge on any atom is -0.489 e. The summed E-state index contributed by atoms with van der Waals surface area (Å²) in [5.41, 5.74) is 2.75. The Balaban J connectivity index is 1.32. The number of anilines is 1. The fourth-order valence-corrected chi connectivity index (χ4v) is 4.30. The lowest BCUT2D eigenvalue weighted by Gasteiger charge is -2.29. The summed E-state index contributed by atoms with van der Waals surface area (Å²) < 4.78 is 6.07. The molecule has 1 aliphatic rings. The van der Waals surface area contributed by atoms with Crippen LogP contribution >= 0.6 is 0 Å². The van der Waals surface area contributed by atoms with Gasteiger partial charge in [0.05, 0.1) is 23.7 Å². The van der Waals surface area contributed by atoms with E-state index < -0.39 is 0 Å². The molecule has 1 aromatic heterocycles. The highest BCUT2D eigenvalue weighted by Gasteiger charge is 2.21. The summed E-state index contributed by atoms with van der Waals surface area (Å²) in [6, 6.07) is 23.2. The van der Waals surface area contributed by atoms with E-state index in [-0.39, 0.29) is 17.9 Å². The molecule has 7 nitrogen and oxygen atoms in total. The quantitative estimate of drug-likeness (QED) is 0.424. The Morgan fingerprint density at radius 3 is 2.53 bits per heavy atom. The topological polar surface area (TPSA) is 90.3 Å². The lowest BCUT2D eigenvalue weighted by atomic mass is 9.98. The van der Waals surface area contributed by atoms with Gasteiger partial charge in [-0.3, -0.25) is 4.79 Å². The number of pyridine rings is 1. The highest BCUT2D eigenvalue weighted by atomic mass is 16.5. The van der Waals surface area contributed by atoms with Crippen molar-refractivity contribution in [2.75, 3.05) is 38.5 Å². The predicted molar refractivity (Wildman–Crippen MR) is 141 cm³/mol. The zero-order valence-corrected chi connectivity index (χ0v) is 20.7. The van der Waals surface area contributed by atoms with E-state index in [9.17, 15) is 4.79 Å². The Morgan fingerprint density at radius 2 is 1.86 bits per heavy atom. The van der Waals surface area contributed by atoms with Crippen molar-refractivity contribution in [2.24, 2.45) is 0 Å². The summed E-state index contributed by atoms with van der Waals surface area (Å²) in [7, 11) is 2.13. The van der Waals surface area contributed by atoms with Crippen molar-refractivity contribution in [3.63, 3.8) is 0 Å². The third-order valence-corrected chi connectivity index (χ3v) is 6.50. The number of rotatable bonds is 10. The molecule has 1 fully saturated rings. The number of hydrogen-bond donors (Lipinski definition) is 2. The molecule has 1 amide bonds. The van der Waals surface area contributed by atoms with Gasteiger partial charge in [-0.2, -0.15) is 5.26 Å². The van der Waals surface area contributed by atoms with Crippen LogP contribution in [0.4, 0.5) is 5.82 Å². The Bertz CT molecular complexity index is 1140. The van der Waals surface area contributed by atoms with Crippen molar-refractivity contribution < 1.29 is 9.53 Å². The van der Waals surface area contributed by atoms with Crippen LogP contribution in [0, 0.1) is 11.3 Å². The first-order valence-corrected chi connectivity index (χ1v) is 12.5. The van der Waals surface area contributed by atoms with Crippen LogP contribution in [0.15, 0.2) is 72.9 Å². The van der Waals surface area contributed by atoms with Crippen molar-refractivity contribution in [1.29, 1.82) is 5.26 Å². The number of carbonyl (C=O) groups excluding carboxylic acids is 1. The van der Waals surface area contributed by atoms with Crippen molar-refractivity contribution in [2.45, 2.75) is 31.3 Å². The number of benzene rings is 2. The third kappa shape index (κ3) is 7.38. The van der Waals surface area contributed by atoms with Gasteiger partial charge in [-0.05, 0) is 68.2 Å². The van der Waals surface area contributed by atoms with Crippen LogP contribution in [0.1, 0.15) is 35.4 Å². The molecular formula is C29H33N5O2. The van der Waals surface area contributed by atoms with Crippen LogP contribution < -0.4 is 15.4 Å². The van der Waals surface area contributed by atoms with Gasteiger partial charge >= 0.3 is 0 Å². The van der Waals surface area contributed by atoms with Gasteiger partial charge in [-0.1, -0.05) is 42.5 Å². The van der Waals surface area contributed by atoms with Gasteiger partial charge in [0.15, 0.2) is 0 Å². The minimum absolute atomic E-state index is 0.108. The standard InChI is InChI=1S/C29H33N5O2/c1-34-17-14-25(15-18-34)36-26-11-12-28(32-20-26)33-29(35)27(24-5-3-2-4-6-24)21-31-16-13-22-7-9-23(19-30)10-8-22/h2-12,20,25,27,31H,13-18,21H2,1H3,(H,32,33,35). The SMILES string of the molecule is CN1CCC(Oc2ccc(NC(=O)C(CNCCc3ccc(C#N)cc3)c3ccccc3)nc2)CC1. The van der Waals surface area contributed by atoms with Crippen molar-refractivity contribution >= 4 is 11.7 Å². The van der Waals surface area contributed by atoms with Crippen LogP contribution in [0.25, 0.3) is 0 Å². The number of nitrogens with one attached hydrogen (secondary N) is 2. The molecule has 2 heterocycles. The molecule has 0 bridgehead atoms. The maximum absolute atomic E-state index is 13.2. The number of nitriles is 1. The van der Waals surface area contributed by atoms with Gasteiger partial charge in [-0.25, -0.2) is 4.98 Å². The molecule has 1 unspecified atom stereocenters. The number of aromatic nitrogens is 1. The summed E-state index contributed by atoms with van der Waals surface area (Å²) in [6.45, 7) is 3.30. The first kappa shape index (κ1) is 25.4. The summed E-state index contributed by atoms with van der Waals surface area (Å²) >= 11 is 0. The number of carbonyl (C=O) groups is 1. The second kappa shape index (κ2) is 12.8. The normalized spacial score (nSPS) is 15.1. The van der Waals surface area contributed by atoms with E-state index in [0.29, 0.717) is 17.9 Å². The van der Waals surface area contributed by atoms with Crippen molar-refractivity contribution in [3.05, 3.63) is 89.6 Å². The van der Waals surface area contributed by atoms with E-state index in [1.54, 1.807) is 12.3 Å². The fourth-order valence-electron chi connectivity index (χ4n) is 4.30. The fraction of sp³-hybridized carbons (Fsp3) is 0.345. The molecule has 186 valence electrons. The molecule has 1 atom stereocenters. The van der Waals surface area contributed by atoms with E-state index >= 15 is 0 Å². The number of likely N-dealkylation sites (tertiary alicyclic amines) is 1. The summed E-state index contributed by atoms with van der Waals surface area (Å²) in [4.78, 5) is 19.9. The van der Waals surface area contributed by atoms with Gasteiger partial charge in [0.1, 0.15) is 17.7 Å². The maximum atomic E-state index is 13.2. The first-order valence-electron chi connectivity index (χ1n) is 12.5. The Morgan fingerprint density at radius 1 is 1.11 bits per heavy atom. The number of amides is 1. The van der Waals surface area contributed by atoms with E-state index in [4.69, 9.17) is 10.00 Å². The molecular weight excluding hydrogens is 450 g/mol. The van der Waals surface area contributed by atoms with Gasteiger partial charge in [-0.15, -0.1) is 0 Å². The average molecular weight is 484 g/mol. The predicted octanol–water partition coefficient (Wildman–Crippen LogP) is 3.98. The smallest absolute Gasteiger partial charge is 0.234 e. The molecule has 0 saturated carbocycles. The maximum Gasteiger partial charge on any atom is 0.234 e. The molecule has 4 rings (SSSR count). The molecule has 2 aromatic carbocycles. The lowest BCUT2D eigenvalue weighted by Crippen LogP contribution is -2.35. The third-order valence-electron chi connectivity index (χ3n) is 6.50. The molecule has 0 spiro atoms. The molecule has 1 saturated heterocycles. The summed E-state index contributed by atoms with van der Waals surface area (Å²) in [5, 5.41) is 15.3. The molecule has 2 N–H and O–H groups in total. The zero-order chi connectivity index (χ0) is 25.2. The van der Waals surface area contributed by atoms with E-state index in [1.807, 2.05) is 60.7 Å². The Labute approximate surface area is 213 Å². The first-order chi connectivity index (χ1) is 17.6. The van der Waals surface area contributed by atoms with Gasteiger partial charge in [0.2, 0.25) is 5.91 Å². The second-order valence-electron chi connectivity index (χ2n) is 9.21. The molecule has 0 radical (unpaired) electrons. The number of hydrogen-bond acceptors (Lipinski definition) is 6. The molecule has 0 aliphatic carbocycles. The Kier molecular flexibility index (Phi) is 9.03. The number of ether oxygens (including phenoxy) is 1. The van der Waals surface area contributed by atoms with E-state index in [1.165, 1.54) is 0 Å². The lowest BCUT2D eigenvalue weighted by molar-refractivity contribution is -0.117. The van der Waals surface area contributed by atoms with E-state index in [2.05, 4.69) is 33.6 Å². The second-order valence-corrected chi connectivity index (χ2v) is 9.21. The largest absolute Gasteiger partial charge is 0.489 e. The van der Waals surface area contributed by atoms with Crippen molar-refractivity contribution in [3.8, 4) is 11.8 Å². The number of nitrogens with zero attached hydrogens (tertiary/aromatic N) is 3. The van der Waals surface area contributed by atoms with Gasteiger partial charge in [0.25, 0.3) is 0 Å². The molecule has 36 heavy (non-hydrogen) atoms. The zero-order valence-electron chi connectivity index (χ0n) is 20.7. The molecule has 7 heteroatoms. The summed E-state index contributed by atoms with van der Waals surface area (Å²) in [6.07, 6.45) is 4.72. The van der Waals surface area contributed by atoms with Gasteiger partial charge in [0, 0.05) is 19.6 Å². The monoisotopic (exact) mass is 483 g/mol.